The summed E-state index contributed by atoms with van der Waals surface area (Å²) in [5.41, 5.74) is 0. The quantitative estimate of drug-likeness (QED) is 0.797. The first kappa shape index (κ1) is 10.9. The van der Waals surface area contributed by atoms with E-state index in [-0.39, 0.29) is 0 Å². The van der Waals surface area contributed by atoms with Crippen LogP contribution in [0.5, 0.6) is 0 Å². The Morgan fingerprint density at radius 2 is 2.33 bits per heavy atom. The monoisotopic (exact) mass is 227 g/mol. The van der Waals surface area contributed by atoms with E-state index in [1.54, 1.807) is 7.05 Å². The molecule has 84 valence electrons. The SMILES string of the molecule is CSC1(CNCc2nnn(C)n2)CCC1. The van der Waals surface area contributed by atoms with Crippen LogP contribution in [-0.2, 0) is 13.6 Å². The molecule has 0 aromatic carbocycles. The lowest BCUT2D eigenvalue weighted by molar-refractivity contribution is 0.344. The third kappa shape index (κ3) is 2.49. The van der Waals surface area contributed by atoms with Crippen LogP contribution in [0.1, 0.15) is 25.1 Å². The molecule has 0 unspecified atom stereocenters. The van der Waals surface area contributed by atoms with Crippen molar-refractivity contribution in [2.75, 3.05) is 12.8 Å². The maximum Gasteiger partial charge on any atom is 0.188 e. The van der Waals surface area contributed by atoms with E-state index in [9.17, 15) is 0 Å². The molecule has 1 saturated carbocycles. The second-order valence-electron chi connectivity index (χ2n) is 4.04. The maximum atomic E-state index is 4.13. The Bertz CT molecular complexity index is 315. The van der Waals surface area contributed by atoms with E-state index >= 15 is 0 Å². The molecule has 0 saturated heterocycles. The summed E-state index contributed by atoms with van der Waals surface area (Å²) in [6.07, 6.45) is 6.22. The number of aryl methyl sites for hydroxylation is 1. The van der Waals surface area contributed by atoms with Crippen LogP contribution in [0.4, 0.5) is 0 Å². The van der Waals surface area contributed by atoms with Crippen molar-refractivity contribution in [3.8, 4) is 0 Å². The summed E-state index contributed by atoms with van der Waals surface area (Å²) in [6, 6.07) is 0. The Morgan fingerprint density at radius 3 is 2.80 bits per heavy atom. The van der Waals surface area contributed by atoms with Gasteiger partial charge >= 0.3 is 0 Å². The molecule has 0 amide bonds. The molecule has 0 aliphatic heterocycles. The highest BCUT2D eigenvalue weighted by atomic mass is 32.2. The zero-order chi connectivity index (χ0) is 10.7. The Hall–Kier alpha value is -0.620. The first-order valence-electron chi connectivity index (χ1n) is 5.23. The van der Waals surface area contributed by atoms with Crippen LogP contribution < -0.4 is 5.32 Å². The summed E-state index contributed by atoms with van der Waals surface area (Å²) in [7, 11) is 1.78. The van der Waals surface area contributed by atoms with Gasteiger partial charge < -0.3 is 5.32 Å². The maximum absolute atomic E-state index is 4.13. The normalized spacial score (nSPS) is 18.8. The van der Waals surface area contributed by atoms with Gasteiger partial charge in [-0.25, -0.2) is 0 Å². The van der Waals surface area contributed by atoms with Gasteiger partial charge in [-0.15, -0.1) is 10.2 Å². The molecule has 1 aliphatic carbocycles. The lowest BCUT2D eigenvalue weighted by atomic mass is 9.84. The molecule has 0 spiro atoms. The smallest absolute Gasteiger partial charge is 0.188 e. The number of nitrogens with zero attached hydrogens (tertiary/aromatic N) is 4. The van der Waals surface area contributed by atoms with Crippen molar-refractivity contribution in [3.63, 3.8) is 0 Å². The van der Waals surface area contributed by atoms with Crippen molar-refractivity contribution in [2.45, 2.75) is 30.6 Å². The van der Waals surface area contributed by atoms with Crippen LogP contribution in [0.3, 0.4) is 0 Å². The molecule has 0 radical (unpaired) electrons. The second kappa shape index (κ2) is 4.49. The number of hydrogen-bond acceptors (Lipinski definition) is 5. The number of tetrazole rings is 1. The van der Waals surface area contributed by atoms with Crippen molar-refractivity contribution in [1.29, 1.82) is 0 Å². The molecule has 1 heterocycles. The topological polar surface area (TPSA) is 55.6 Å². The molecule has 0 atom stereocenters. The molecular weight excluding hydrogens is 210 g/mol. The molecule has 1 N–H and O–H groups in total. The highest BCUT2D eigenvalue weighted by Crippen LogP contribution is 2.42. The standard InChI is InChI=1S/C9H17N5S/c1-14-12-8(11-13-14)6-10-7-9(15-2)4-3-5-9/h10H,3-7H2,1-2H3. The van der Waals surface area contributed by atoms with E-state index in [0.717, 1.165) is 18.9 Å². The van der Waals surface area contributed by atoms with Gasteiger partial charge in [0.1, 0.15) is 0 Å². The van der Waals surface area contributed by atoms with Gasteiger partial charge in [0.25, 0.3) is 0 Å². The lowest BCUT2D eigenvalue weighted by Crippen LogP contribution is -2.43. The highest BCUT2D eigenvalue weighted by Gasteiger charge is 2.35. The first-order valence-corrected chi connectivity index (χ1v) is 6.45. The summed E-state index contributed by atoms with van der Waals surface area (Å²) < 4.78 is 0.474. The van der Waals surface area contributed by atoms with Gasteiger partial charge in [0, 0.05) is 11.3 Å². The van der Waals surface area contributed by atoms with Crippen LogP contribution in [0.25, 0.3) is 0 Å². The van der Waals surface area contributed by atoms with Crippen LogP contribution in [0, 0.1) is 0 Å². The van der Waals surface area contributed by atoms with Gasteiger partial charge in [-0.2, -0.15) is 16.6 Å². The summed E-state index contributed by atoms with van der Waals surface area (Å²) in [5.74, 6) is 0.771. The van der Waals surface area contributed by atoms with E-state index in [1.807, 2.05) is 11.8 Å². The molecule has 15 heavy (non-hydrogen) atoms. The third-order valence-corrected chi connectivity index (χ3v) is 4.40. The van der Waals surface area contributed by atoms with Crippen LogP contribution in [-0.4, -0.2) is 37.8 Å². The van der Waals surface area contributed by atoms with E-state index < -0.39 is 0 Å². The lowest BCUT2D eigenvalue weighted by Gasteiger charge is -2.40. The molecule has 5 nitrogen and oxygen atoms in total. The number of nitrogens with one attached hydrogen (secondary N) is 1. The molecule has 2 rings (SSSR count). The zero-order valence-electron chi connectivity index (χ0n) is 9.23. The molecule has 1 aliphatic rings. The van der Waals surface area contributed by atoms with Crippen molar-refractivity contribution < 1.29 is 0 Å². The summed E-state index contributed by atoms with van der Waals surface area (Å²) in [5, 5.41) is 15.3. The predicted molar refractivity (Wildman–Crippen MR) is 60.6 cm³/mol. The van der Waals surface area contributed by atoms with Crippen molar-refractivity contribution in [3.05, 3.63) is 5.82 Å². The van der Waals surface area contributed by atoms with E-state index in [4.69, 9.17) is 0 Å². The highest BCUT2D eigenvalue weighted by molar-refractivity contribution is 8.00. The minimum atomic E-state index is 0.474. The van der Waals surface area contributed by atoms with Gasteiger partial charge in [-0.3, -0.25) is 0 Å². The van der Waals surface area contributed by atoms with E-state index in [2.05, 4.69) is 27.0 Å². The largest absolute Gasteiger partial charge is 0.308 e. The zero-order valence-corrected chi connectivity index (χ0v) is 10.0. The number of rotatable bonds is 5. The van der Waals surface area contributed by atoms with Crippen LogP contribution >= 0.6 is 11.8 Å². The molecule has 1 fully saturated rings. The minimum Gasteiger partial charge on any atom is -0.308 e. The van der Waals surface area contributed by atoms with Gasteiger partial charge in [-0.1, -0.05) is 6.42 Å². The van der Waals surface area contributed by atoms with Crippen molar-refractivity contribution >= 4 is 11.8 Å². The van der Waals surface area contributed by atoms with Crippen LogP contribution in [0.2, 0.25) is 0 Å². The summed E-state index contributed by atoms with van der Waals surface area (Å²) in [4.78, 5) is 1.49. The van der Waals surface area contributed by atoms with Gasteiger partial charge in [0.15, 0.2) is 5.82 Å². The first-order chi connectivity index (χ1) is 7.24. The Morgan fingerprint density at radius 1 is 1.53 bits per heavy atom. The van der Waals surface area contributed by atoms with Gasteiger partial charge in [-0.05, 0) is 24.3 Å². The molecule has 0 bridgehead atoms. The van der Waals surface area contributed by atoms with E-state index in [0.29, 0.717) is 4.75 Å². The average molecular weight is 227 g/mol. The minimum absolute atomic E-state index is 0.474. The number of thioether (sulfide) groups is 1. The Balaban J connectivity index is 1.74. The molecule has 1 aromatic rings. The fourth-order valence-electron chi connectivity index (χ4n) is 1.82. The number of hydrogen-bond donors (Lipinski definition) is 1. The van der Waals surface area contributed by atoms with Crippen molar-refractivity contribution in [2.24, 2.45) is 7.05 Å². The number of aromatic nitrogens is 4. The molecule has 6 heteroatoms. The van der Waals surface area contributed by atoms with E-state index in [1.165, 1.54) is 24.1 Å². The average Bonchev–Trinajstić information content (AvgIpc) is 2.56. The Kier molecular flexibility index (Phi) is 3.25. The molecular formula is C9H17N5S. The predicted octanol–water partition coefficient (Wildman–Crippen LogP) is 0.585. The third-order valence-electron chi connectivity index (χ3n) is 2.98. The Labute approximate surface area is 94.0 Å². The van der Waals surface area contributed by atoms with Crippen LogP contribution in [0.15, 0.2) is 0 Å². The summed E-state index contributed by atoms with van der Waals surface area (Å²) >= 11 is 1.98. The summed E-state index contributed by atoms with van der Waals surface area (Å²) in [6.45, 7) is 1.77. The fourth-order valence-corrected chi connectivity index (χ4v) is 2.76. The second-order valence-corrected chi connectivity index (χ2v) is 5.31. The molecule has 1 aromatic heterocycles. The fraction of sp³-hybridized carbons (Fsp3) is 0.889. The van der Waals surface area contributed by atoms with Gasteiger partial charge in [0.05, 0.1) is 13.6 Å². The van der Waals surface area contributed by atoms with Gasteiger partial charge in [0.2, 0.25) is 0 Å². The van der Waals surface area contributed by atoms with Crippen molar-refractivity contribution in [1.82, 2.24) is 25.5 Å².